The minimum Gasteiger partial charge on any atom is -0.493 e. The summed E-state index contributed by atoms with van der Waals surface area (Å²) in [5.41, 5.74) is 5.64. The number of anilines is 1. The zero-order chi connectivity index (χ0) is 14.1. The summed E-state index contributed by atoms with van der Waals surface area (Å²) in [6.07, 6.45) is 1.76. The number of carbonyl (C=O) groups is 2. The molecule has 0 spiro atoms. The van der Waals surface area contributed by atoms with Gasteiger partial charge in [-0.15, -0.1) is 6.58 Å². The number of nitrogens with one attached hydrogen (secondary N) is 2. The fourth-order valence-corrected chi connectivity index (χ4v) is 1.24. The summed E-state index contributed by atoms with van der Waals surface area (Å²) in [5, 5.41) is 5.24. The molecule has 3 amide bonds. The monoisotopic (exact) mass is 263 g/mol. The highest BCUT2D eigenvalue weighted by molar-refractivity contribution is 5.89. The van der Waals surface area contributed by atoms with Crippen LogP contribution in [0.4, 0.5) is 10.5 Å². The molecule has 0 radical (unpaired) electrons. The summed E-state index contributed by atoms with van der Waals surface area (Å²) >= 11 is 0. The van der Waals surface area contributed by atoms with Crippen LogP contribution in [-0.4, -0.2) is 25.1 Å². The molecule has 0 heterocycles. The maximum absolute atomic E-state index is 11.4. The van der Waals surface area contributed by atoms with E-state index < -0.39 is 5.91 Å². The van der Waals surface area contributed by atoms with Gasteiger partial charge in [-0.05, 0) is 24.3 Å². The zero-order valence-corrected chi connectivity index (χ0v) is 10.5. The fourth-order valence-electron chi connectivity index (χ4n) is 1.24. The second-order valence-electron chi connectivity index (χ2n) is 3.71. The standard InChI is InChI=1S/C13H17N3O3/c1-2-8-15-13(18)16-10-3-5-11(6-4-10)19-9-7-12(14)17/h2-6H,1,7-9H2,(H2,14,17)(H2,15,16,18). The second-order valence-corrected chi connectivity index (χ2v) is 3.71. The molecule has 0 aliphatic heterocycles. The van der Waals surface area contributed by atoms with Crippen molar-refractivity contribution in [3.8, 4) is 5.75 Å². The van der Waals surface area contributed by atoms with E-state index >= 15 is 0 Å². The number of benzene rings is 1. The highest BCUT2D eigenvalue weighted by Gasteiger charge is 2.01. The lowest BCUT2D eigenvalue weighted by Crippen LogP contribution is -2.28. The minimum atomic E-state index is -0.405. The third kappa shape index (κ3) is 6.11. The van der Waals surface area contributed by atoms with Crippen molar-refractivity contribution >= 4 is 17.6 Å². The van der Waals surface area contributed by atoms with Gasteiger partial charge in [-0.2, -0.15) is 0 Å². The predicted molar refractivity (Wildman–Crippen MR) is 73.0 cm³/mol. The molecule has 19 heavy (non-hydrogen) atoms. The molecule has 1 aromatic carbocycles. The van der Waals surface area contributed by atoms with Crippen LogP contribution in [0.25, 0.3) is 0 Å². The molecule has 0 aliphatic carbocycles. The van der Waals surface area contributed by atoms with E-state index in [0.29, 0.717) is 18.0 Å². The lowest BCUT2D eigenvalue weighted by molar-refractivity contribution is -0.118. The number of primary amides is 1. The van der Waals surface area contributed by atoms with E-state index in [1.54, 1.807) is 30.3 Å². The summed E-state index contributed by atoms with van der Waals surface area (Å²) in [6, 6.07) is 6.50. The Hall–Kier alpha value is -2.50. The van der Waals surface area contributed by atoms with E-state index in [1.165, 1.54) is 0 Å². The average molecular weight is 263 g/mol. The third-order valence-electron chi connectivity index (χ3n) is 2.14. The third-order valence-corrected chi connectivity index (χ3v) is 2.14. The topological polar surface area (TPSA) is 93.4 Å². The van der Waals surface area contributed by atoms with Gasteiger partial charge in [-0.25, -0.2) is 4.79 Å². The van der Waals surface area contributed by atoms with E-state index in [1.807, 2.05) is 0 Å². The highest BCUT2D eigenvalue weighted by atomic mass is 16.5. The zero-order valence-electron chi connectivity index (χ0n) is 10.5. The van der Waals surface area contributed by atoms with Gasteiger partial charge in [0.15, 0.2) is 0 Å². The summed E-state index contributed by atoms with van der Waals surface area (Å²) in [5.74, 6) is 0.204. The Morgan fingerprint density at radius 2 is 2.00 bits per heavy atom. The van der Waals surface area contributed by atoms with Crippen molar-refractivity contribution in [3.05, 3.63) is 36.9 Å². The molecule has 0 fully saturated rings. The molecule has 0 atom stereocenters. The lowest BCUT2D eigenvalue weighted by Gasteiger charge is -2.08. The largest absolute Gasteiger partial charge is 0.493 e. The van der Waals surface area contributed by atoms with Gasteiger partial charge >= 0.3 is 6.03 Å². The molecule has 4 N–H and O–H groups in total. The van der Waals surface area contributed by atoms with Crippen LogP contribution in [0.2, 0.25) is 0 Å². The van der Waals surface area contributed by atoms with E-state index in [-0.39, 0.29) is 19.1 Å². The molecule has 0 saturated heterocycles. The molecule has 1 rings (SSSR count). The van der Waals surface area contributed by atoms with E-state index in [0.717, 1.165) is 0 Å². The summed E-state index contributed by atoms with van der Waals surface area (Å²) in [7, 11) is 0. The van der Waals surface area contributed by atoms with Crippen molar-refractivity contribution < 1.29 is 14.3 Å². The number of amides is 3. The van der Waals surface area contributed by atoms with Crippen LogP contribution in [0.5, 0.6) is 5.75 Å². The molecule has 102 valence electrons. The van der Waals surface area contributed by atoms with Crippen molar-refractivity contribution in [1.29, 1.82) is 0 Å². The van der Waals surface area contributed by atoms with Crippen molar-refractivity contribution in [2.45, 2.75) is 6.42 Å². The number of rotatable bonds is 7. The maximum atomic E-state index is 11.4. The number of hydrogen-bond acceptors (Lipinski definition) is 3. The quantitative estimate of drug-likeness (QED) is 0.646. The number of carbonyl (C=O) groups excluding carboxylic acids is 2. The van der Waals surface area contributed by atoms with Gasteiger partial charge in [-0.3, -0.25) is 4.79 Å². The van der Waals surface area contributed by atoms with Crippen molar-refractivity contribution in [2.75, 3.05) is 18.5 Å². The Bertz CT molecular complexity index is 443. The van der Waals surface area contributed by atoms with Crippen LogP contribution in [0.1, 0.15) is 6.42 Å². The van der Waals surface area contributed by atoms with E-state index in [9.17, 15) is 9.59 Å². The van der Waals surface area contributed by atoms with Crippen LogP contribution < -0.4 is 21.1 Å². The normalized spacial score (nSPS) is 9.47. The molecular weight excluding hydrogens is 246 g/mol. The predicted octanol–water partition coefficient (Wildman–Crippen LogP) is 1.25. The Morgan fingerprint density at radius 3 is 2.58 bits per heavy atom. The fraction of sp³-hybridized carbons (Fsp3) is 0.231. The number of urea groups is 1. The summed E-state index contributed by atoms with van der Waals surface area (Å²) in [4.78, 5) is 21.9. The number of hydrogen-bond donors (Lipinski definition) is 3. The average Bonchev–Trinajstić information content (AvgIpc) is 2.38. The Morgan fingerprint density at radius 1 is 1.32 bits per heavy atom. The van der Waals surface area contributed by atoms with Crippen LogP contribution >= 0.6 is 0 Å². The van der Waals surface area contributed by atoms with Gasteiger partial charge in [0, 0.05) is 12.2 Å². The molecule has 6 nitrogen and oxygen atoms in total. The molecule has 0 bridgehead atoms. The minimum absolute atomic E-state index is 0.171. The molecule has 0 unspecified atom stereocenters. The SMILES string of the molecule is C=CCNC(=O)Nc1ccc(OCCC(N)=O)cc1. The smallest absolute Gasteiger partial charge is 0.319 e. The van der Waals surface area contributed by atoms with Gasteiger partial charge in [0.25, 0.3) is 0 Å². The van der Waals surface area contributed by atoms with Gasteiger partial charge in [0.1, 0.15) is 5.75 Å². The van der Waals surface area contributed by atoms with Crippen molar-refractivity contribution in [2.24, 2.45) is 5.73 Å². The van der Waals surface area contributed by atoms with E-state index in [2.05, 4.69) is 17.2 Å². The molecule has 6 heteroatoms. The van der Waals surface area contributed by atoms with Crippen LogP contribution in [0.3, 0.4) is 0 Å². The first-order chi connectivity index (χ1) is 9.11. The van der Waals surface area contributed by atoms with Gasteiger partial charge in [0.2, 0.25) is 5.91 Å². The maximum Gasteiger partial charge on any atom is 0.319 e. The highest BCUT2D eigenvalue weighted by Crippen LogP contribution is 2.15. The molecule has 0 saturated carbocycles. The second kappa shape index (κ2) is 7.75. The van der Waals surface area contributed by atoms with E-state index in [4.69, 9.17) is 10.5 Å². The molecular formula is C13H17N3O3. The molecule has 1 aromatic rings. The van der Waals surface area contributed by atoms with Crippen molar-refractivity contribution in [3.63, 3.8) is 0 Å². The lowest BCUT2D eigenvalue weighted by atomic mass is 10.3. The van der Waals surface area contributed by atoms with Gasteiger partial charge in [-0.1, -0.05) is 6.08 Å². The van der Waals surface area contributed by atoms with Crippen LogP contribution in [0, 0.1) is 0 Å². The summed E-state index contributed by atoms with van der Waals surface area (Å²) in [6.45, 7) is 4.14. The Balaban J connectivity index is 2.40. The Labute approximate surface area is 111 Å². The summed E-state index contributed by atoms with van der Waals surface area (Å²) < 4.78 is 5.30. The van der Waals surface area contributed by atoms with Crippen molar-refractivity contribution in [1.82, 2.24) is 5.32 Å². The number of nitrogens with two attached hydrogens (primary N) is 1. The first-order valence-corrected chi connectivity index (χ1v) is 5.78. The van der Waals surface area contributed by atoms with Crippen LogP contribution in [0.15, 0.2) is 36.9 Å². The first-order valence-electron chi connectivity index (χ1n) is 5.78. The van der Waals surface area contributed by atoms with Gasteiger partial charge in [0.05, 0.1) is 13.0 Å². The van der Waals surface area contributed by atoms with Crippen LogP contribution in [-0.2, 0) is 4.79 Å². The number of ether oxygens (including phenoxy) is 1. The molecule has 0 aliphatic rings. The molecule has 0 aromatic heterocycles. The Kier molecular flexibility index (Phi) is 5.94. The van der Waals surface area contributed by atoms with Gasteiger partial charge < -0.3 is 21.1 Å². The first kappa shape index (κ1) is 14.6.